The number of halogens is 2. The van der Waals surface area contributed by atoms with E-state index in [0.717, 1.165) is 18.4 Å². The Labute approximate surface area is 253 Å². The van der Waals surface area contributed by atoms with E-state index in [2.05, 4.69) is 43.1 Å². The molecule has 0 aliphatic heterocycles. The summed E-state index contributed by atoms with van der Waals surface area (Å²) < 4.78 is 16.9. The lowest BCUT2D eigenvalue weighted by Crippen LogP contribution is -2.39. The molecule has 2 radical (unpaired) electrons. The zero-order valence-electron chi connectivity index (χ0n) is 22.9. The highest BCUT2D eigenvalue weighted by atomic mass is 35.5. The fourth-order valence-corrected chi connectivity index (χ4v) is 5.38. The second kappa shape index (κ2) is 11.7. The van der Waals surface area contributed by atoms with Crippen molar-refractivity contribution >= 4 is 41.7 Å². The Morgan fingerprint density at radius 2 is 1.95 bits per heavy atom. The summed E-state index contributed by atoms with van der Waals surface area (Å²) in [7, 11) is 6.94. The number of hydrogen-bond acceptors (Lipinski definition) is 8. The molecule has 3 heterocycles. The van der Waals surface area contributed by atoms with Crippen LogP contribution in [0.15, 0.2) is 73.2 Å². The molecule has 5 aromatic rings. The first-order chi connectivity index (χ1) is 20.9. The lowest BCUT2D eigenvalue weighted by atomic mass is 9.70. The first-order valence-corrected chi connectivity index (χ1v) is 14.1. The third kappa shape index (κ3) is 5.60. The van der Waals surface area contributed by atoms with Crippen LogP contribution in [0.4, 0.5) is 15.8 Å². The number of benzene rings is 2. The van der Waals surface area contributed by atoms with Gasteiger partial charge in [0.2, 0.25) is 5.95 Å². The summed E-state index contributed by atoms with van der Waals surface area (Å²) in [6.07, 6.45) is 7.29. The minimum Gasteiger partial charge on any atom is -0.378 e. The van der Waals surface area contributed by atoms with Crippen LogP contribution in [0.1, 0.15) is 60.2 Å². The number of anilines is 2. The highest BCUT2D eigenvalue weighted by molar-refractivity contribution is 6.36. The van der Waals surface area contributed by atoms with Crippen molar-refractivity contribution in [2.45, 2.75) is 43.2 Å². The molecular weight excluding hydrogens is 564 g/mol. The molecule has 210 valence electrons. The quantitative estimate of drug-likeness (QED) is 0.147. The summed E-state index contributed by atoms with van der Waals surface area (Å²) in [4.78, 5) is 8.26. The third-order valence-electron chi connectivity index (χ3n) is 7.47. The largest absolute Gasteiger partial charge is 0.378 e. The number of nitriles is 2. The second-order valence-electron chi connectivity index (χ2n) is 10.4. The monoisotopic (exact) mass is 587 g/mol. The maximum Gasteiger partial charge on any atom is 0.217 e. The molecule has 3 aromatic heterocycles. The van der Waals surface area contributed by atoms with Crippen molar-refractivity contribution < 1.29 is 4.39 Å². The van der Waals surface area contributed by atoms with E-state index in [-0.39, 0.29) is 22.7 Å². The summed E-state index contributed by atoms with van der Waals surface area (Å²) in [6.45, 7) is 0. The second-order valence-corrected chi connectivity index (χ2v) is 10.8. The number of aromatic nitrogens is 5. The molecule has 1 fully saturated rings. The van der Waals surface area contributed by atoms with Crippen molar-refractivity contribution in [3.05, 3.63) is 107 Å². The first-order valence-electron chi connectivity index (χ1n) is 13.7. The molecular formula is C31H24BClFN9. The van der Waals surface area contributed by atoms with Crippen molar-refractivity contribution in [1.82, 2.24) is 25.0 Å². The molecule has 43 heavy (non-hydrogen) atoms. The minimum atomic E-state index is -1.67. The van der Waals surface area contributed by atoms with E-state index in [4.69, 9.17) is 19.4 Å². The number of fused-ring (bicyclic) bond motifs is 1. The molecule has 9 nitrogen and oxygen atoms in total. The SMILES string of the molecule is [B][C@@](Nc1cc(Cl)c2ncc(C#N)c(N[C@H](CCC#N)c3ccccc3)c2c1)(c1cn(C2CC2)nn1)c1cccnc1F. The van der Waals surface area contributed by atoms with Gasteiger partial charge in [-0.15, -0.1) is 5.10 Å². The Balaban J connectivity index is 1.47. The van der Waals surface area contributed by atoms with Gasteiger partial charge in [0.15, 0.2) is 0 Å². The van der Waals surface area contributed by atoms with E-state index in [0.29, 0.717) is 46.4 Å². The van der Waals surface area contributed by atoms with E-state index in [9.17, 15) is 10.5 Å². The fraction of sp³-hybridized carbons (Fsp3) is 0.226. The number of hydrogen-bond donors (Lipinski definition) is 2. The molecule has 2 N–H and O–H groups in total. The van der Waals surface area contributed by atoms with Gasteiger partial charge in [-0.05, 0) is 43.0 Å². The van der Waals surface area contributed by atoms with E-state index >= 15 is 4.39 Å². The number of nitrogens with zero attached hydrogens (tertiary/aromatic N) is 7. The molecule has 2 atom stereocenters. The Morgan fingerprint density at radius 1 is 1.14 bits per heavy atom. The summed E-state index contributed by atoms with van der Waals surface area (Å²) in [5.41, 5.74) is 1.33. The maximum atomic E-state index is 15.2. The summed E-state index contributed by atoms with van der Waals surface area (Å²) >= 11 is 6.76. The van der Waals surface area contributed by atoms with Crippen LogP contribution < -0.4 is 10.6 Å². The van der Waals surface area contributed by atoms with Crippen LogP contribution in [-0.2, 0) is 5.44 Å². The van der Waals surface area contributed by atoms with Gasteiger partial charge in [-0.3, -0.25) is 4.98 Å². The summed E-state index contributed by atoms with van der Waals surface area (Å²) in [6, 6.07) is 20.6. The number of nitrogens with one attached hydrogen (secondary N) is 2. The van der Waals surface area contributed by atoms with E-state index in [1.807, 2.05) is 30.3 Å². The van der Waals surface area contributed by atoms with Crippen molar-refractivity contribution in [2.24, 2.45) is 0 Å². The van der Waals surface area contributed by atoms with Gasteiger partial charge in [-0.1, -0.05) is 53.2 Å². The third-order valence-corrected chi connectivity index (χ3v) is 7.76. The van der Waals surface area contributed by atoms with Crippen LogP contribution in [0.5, 0.6) is 0 Å². The van der Waals surface area contributed by atoms with Crippen LogP contribution >= 0.6 is 11.6 Å². The summed E-state index contributed by atoms with van der Waals surface area (Å²) in [5, 5.41) is 35.4. The summed E-state index contributed by atoms with van der Waals surface area (Å²) in [5.74, 6) is -0.760. The predicted octanol–water partition coefficient (Wildman–Crippen LogP) is 6.16. The topological polar surface area (TPSA) is 128 Å². The average molecular weight is 588 g/mol. The molecule has 1 aliphatic rings. The van der Waals surface area contributed by atoms with Gasteiger partial charge >= 0.3 is 0 Å². The minimum absolute atomic E-state index is 0.0666. The van der Waals surface area contributed by atoms with Gasteiger partial charge in [0.05, 0.1) is 51.6 Å². The zero-order chi connectivity index (χ0) is 30.0. The Kier molecular flexibility index (Phi) is 7.66. The van der Waals surface area contributed by atoms with E-state index in [1.54, 1.807) is 29.1 Å². The average Bonchev–Trinajstić information content (AvgIpc) is 3.75. The van der Waals surface area contributed by atoms with Gasteiger partial charge in [0.25, 0.3) is 0 Å². The molecule has 1 aliphatic carbocycles. The lowest BCUT2D eigenvalue weighted by Gasteiger charge is -2.31. The fourth-order valence-electron chi connectivity index (χ4n) is 5.11. The molecule has 0 unspecified atom stereocenters. The molecule has 0 bridgehead atoms. The zero-order valence-corrected chi connectivity index (χ0v) is 23.6. The predicted molar refractivity (Wildman–Crippen MR) is 162 cm³/mol. The number of rotatable bonds is 10. The Hall–Kier alpha value is -5.00. The maximum absolute atomic E-state index is 15.2. The van der Waals surface area contributed by atoms with Crippen LogP contribution in [0.25, 0.3) is 10.9 Å². The lowest BCUT2D eigenvalue weighted by molar-refractivity contribution is 0.551. The Bertz CT molecular complexity index is 1880. The number of pyridine rings is 2. The van der Waals surface area contributed by atoms with Crippen LogP contribution in [0.2, 0.25) is 5.02 Å². The molecule has 2 aromatic carbocycles. The molecule has 1 saturated carbocycles. The van der Waals surface area contributed by atoms with Gasteiger partial charge < -0.3 is 10.6 Å². The molecule has 0 amide bonds. The van der Waals surface area contributed by atoms with Gasteiger partial charge in [-0.2, -0.15) is 14.9 Å². The van der Waals surface area contributed by atoms with Crippen molar-refractivity contribution in [2.75, 3.05) is 10.6 Å². The van der Waals surface area contributed by atoms with E-state index in [1.165, 1.54) is 18.5 Å². The molecule has 12 heteroatoms. The van der Waals surface area contributed by atoms with Crippen LogP contribution in [0, 0.1) is 28.6 Å². The Morgan fingerprint density at radius 3 is 2.67 bits per heavy atom. The van der Waals surface area contributed by atoms with Crippen LogP contribution in [0.3, 0.4) is 0 Å². The van der Waals surface area contributed by atoms with Crippen molar-refractivity contribution in [1.29, 1.82) is 10.5 Å². The standard InChI is InChI=1S/C31H24BClFN9/c32-31(24-8-5-13-37-30(24)34,27-18-43(42-41-27)22-10-11-22)40-21-14-23-28(20(16-36)17-38-29(23)25(33)15-21)39-26(9-4-12-35)19-6-2-1-3-7-19/h1-3,5-8,13-15,17-18,22,26,40H,4,9-11H2,(H,38,39)/t26-,31+/m1/s1. The highest BCUT2D eigenvalue weighted by Crippen LogP contribution is 2.39. The van der Waals surface area contributed by atoms with Gasteiger partial charge in [0.1, 0.15) is 19.6 Å². The van der Waals surface area contributed by atoms with Crippen molar-refractivity contribution in [3.8, 4) is 12.1 Å². The van der Waals surface area contributed by atoms with Gasteiger partial charge in [-0.25, -0.2) is 9.67 Å². The smallest absolute Gasteiger partial charge is 0.217 e. The first kappa shape index (κ1) is 28.1. The molecule has 0 saturated heterocycles. The van der Waals surface area contributed by atoms with Gasteiger partial charge in [0, 0.05) is 35.5 Å². The molecule has 0 spiro atoms. The van der Waals surface area contributed by atoms with E-state index < -0.39 is 11.4 Å². The molecule has 6 rings (SSSR count). The van der Waals surface area contributed by atoms with Crippen molar-refractivity contribution in [3.63, 3.8) is 0 Å². The van der Waals surface area contributed by atoms with Crippen LogP contribution in [-0.4, -0.2) is 32.8 Å². The normalized spacial score (nSPS) is 14.8. The highest BCUT2D eigenvalue weighted by Gasteiger charge is 2.36.